The van der Waals surface area contributed by atoms with Crippen molar-refractivity contribution >= 4 is 9.84 Å². The molecule has 2 atom stereocenters. The molecular weight excluding hydrogens is 176 g/mol. The molecule has 0 amide bonds. The smallest absolute Gasteiger partial charge is 0.156 e. The first-order valence-electron chi connectivity index (χ1n) is 4.33. The zero-order chi connectivity index (χ0) is 8.77. The van der Waals surface area contributed by atoms with Crippen LogP contribution in [0.2, 0.25) is 0 Å². The summed E-state index contributed by atoms with van der Waals surface area (Å²) in [6.07, 6.45) is 3.08. The SMILES string of the molecule is NNC1CC2CCC(C1)S2(=O)=O. The van der Waals surface area contributed by atoms with Gasteiger partial charge in [0.25, 0.3) is 0 Å². The highest BCUT2D eigenvalue weighted by atomic mass is 32.2. The summed E-state index contributed by atoms with van der Waals surface area (Å²) < 4.78 is 23.1. The highest BCUT2D eigenvalue weighted by Gasteiger charge is 2.46. The van der Waals surface area contributed by atoms with Gasteiger partial charge in [-0.15, -0.1) is 0 Å². The van der Waals surface area contributed by atoms with Gasteiger partial charge in [0.2, 0.25) is 0 Å². The monoisotopic (exact) mass is 190 g/mol. The summed E-state index contributed by atoms with van der Waals surface area (Å²) in [5.74, 6) is 5.30. The van der Waals surface area contributed by atoms with E-state index in [1.165, 1.54) is 0 Å². The summed E-state index contributed by atoms with van der Waals surface area (Å²) in [7, 11) is -2.77. The van der Waals surface area contributed by atoms with E-state index in [1.807, 2.05) is 0 Å². The van der Waals surface area contributed by atoms with Crippen molar-refractivity contribution in [3.05, 3.63) is 0 Å². The van der Waals surface area contributed by atoms with Crippen molar-refractivity contribution in [1.82, 2.24) is 5.43 Å². The van der Waals surface area contributed by atoms with Crippen LogP contribution in [0.15, 0.2) is 0 Å². The first kappa shape index (κ1) is 8.47. The fourth-order valence-corrected chi connectivity index (χ4v) is 4.82. The molecule has 2 aliphatic rings. The zero-order valence-corrected chi connectivity index (χ0v) is 7.68. The molecule has 2 fully saturated rings. The number of hydrogen-bond donors (Lipinski definition) is 2. The van der Waals surface area contributed by atoms with Crippen molar-refractivity contribution in [2.75, 3.05) is 0 Å². The van der Waals surface area contributed by atoms with Gasteiger partial charge < -0.3 is 0 Å². The van der Waals surface area contributed by atoms with Crippen LogP contribution in [0.5, 0.6) is 0 Å². The van der Waals surface area contributed by atoms with E-state index < -0.39 is 9.84 Å². The van der Waals surface area contributed by atoms with Gasteiger partial charge in [-0.1, -0.05) is 0 Å². The number of hydrazine groups is 1. The van der Waals surface area contributed by atoms with E-state index in [0.29, 0.717) is 12.8 Å². The minimum atomic E-state index is -2.77. The van der Waals surface area contributed by atoms with Gasteiger partial charge in [0.1, 0.15) is 0 Å². The van der Waals surface area contributed by atoms with Gasteiger partial charge in [0.15, 0.2) is 9.84 Å². The number of fused-ring (bicyclic) bond motifs is 2. The van der Waals surface area contributed by atoms with Crippen LogP contribution in [0.3, 0.4) is 0 Å². The molecule has 2 saturated heterocycles. The molecule has 0 radical (unpaired) electrons. The Hall–Kier alpha value is -0.130. The minimum absolute atomic E-state index is 0.114. The molecule has 2 heterocycles. The molecule has 12 heavy (non-hydrogen) atoms. The maximum absolute atomic E-state index is 11.6. The normalized spacial score (nSPS) is 44.6. The minimum Gasteiger partial charge on any atom is -0.271 e. The van der Waals surface area contributed by atoms with E-state index in [4.69, 9.17) is 5.84 Å². The summed E-state index contributed by atoms with van der Waals surface area (Å²) in [5.41, 5.74) is 2.68. The second-order valence-electron chi connectivity index (χ2n) is 3.75. The van der Waals surface area contributed by atoms with E-state index in [9.17, 15) is 8.42 Å². The van der Waals surface area contributed by atoms with Gasteiger partial charge in [-0.25, -0.2) is 8.42 Å². The van der Waals surface area contributed by atoms with Crippen LogP contribution in [-0.4, -0.2) is 25.0 Å². The molecule has 2 unspecified atom stereocenters. The highest BCUT2D eigenvalue weighted by Crippen LogP contribution is 2.37. The first-order chi connectivity index (χ1) is 5.64. The summed E-state index contributed by atoms with van der Waals surface area (Å²) in [4.78, 5) is 0. The van der Waals surface area contributed by atoms with Gasteiger partial charge in [-0.05, 0) is 25.7 Å². The molecular formula is C7H14N2O2S. The molecule has 0 aliphatic carbocycles. The maximum atomic E-state index is 11.6. The maximum Gasteiger partial charge on any atom is 0.156 e. The predicted molar refractivity (Wildman–Crippen MR) is 46.1 cm³/mol. The Bertz CT molecular complexity index is 255. The Balaban J connectivity index is 2.23. The van der Waals surface area contributed by atoms with E-state index in [0.717, 1.165) is 12.8 Å². The van der Waals surface area contributed by atoms with Gasteiger partial charge in [0.05, 0.1) is 10.5 Å². The number of sulfone groups is 1. The van der Waals surface area contributed by atoms with E-state index >= 15 is 0 Å². The average molecular weight is 190 g/mol. The molecule has 70 valence electrons. The van der Waals surface area contributed by atoms with E-state index in [1.54, 1.807) is 0 Å². The lowest BCUT2D eigenvalue weighted by Crippen LogP contribution is -2.45. The van der Waals surface area contributed by atoms with Crippen LogP contribution >= 0.6 is 0 Å². The predicted octanol–water partition coefficient (Wildman–Crippen LogP) is -0.442. The highest BCUT2D eigenvalue weighted by molar-refractivity contribution is 7.93. The third kappa shape index (κ3) is 1.08. The summed E-state index contributed by atoms with van der Waals surface area (Å²) in [6, 6.07) is 0.214. The molecule has 4 nitrogen and oxygen atoms in total. The molecule has 2 rings (SSSR count). The van der Waals surface area contributed by atoms with E-state index in [-0.39, 0.29) is 16.5 Å². The molecule has 0 aromatic carbocycles. The standard InChI is InChI=1S/C7H14N2O2S/c8-9-5-3-6-1-2-7(4-5)12(6,10)11/h5-7,9H,1-4,8H2. The Morgan fingerprint density at radius 2 is 1.67 bits per heavy atom. The molecule has 3 N–H and O–H groups in total. The van der Waals surface area contributed by atoms with Crippen molar-refractivity contribution in [2.24, 2.45) is 5.84 Å². The fraction of sp³-hybridized carbons (Fsp3) is 1.00. The summed E-state index contributed by atoms with van der Waals surface area (Å²) in [5, 5.41) is -0.227. The van der Waals surface area contributed by atoms with Crippen molar-refractivity contribution in [1.29, 1.82) is 0 Å². The fourth-order valence-electron chi connectivity index (χ4n) is 2.34. The Labute approximate surface area is 72.4 Å². The van der Waals surface area contributed by atoms with Gasteiger partial charge in [-0.3, -0.25) is 11.3 Å². The summed E-state index contributed by atoms with van der Waals surface area (Å²) in [6.45, 7) is 0. The summed E-state index contributed by atoms with van der Waals surface area (Å²) >= 11 is 0. The lowest BCUT2D eigenvalue weighted by atomic mass is 10.1. The van der Waals surface area contributed by atoms with Crippen LogP contribution in [0, 0.1) is 0 Å². The second kappa shape index (κ2) is 2.68. The number of nitrogens with one attached hydrogen (secondary N) is 1. The molecule has 0 spiro atoms. The van der Waals surface area contributed by atoms with Crippen molar-refractivity contribution in [2.45, 2.75) is 42.2 Å². The molecule has 2 bridgehead atoms. The molecule has 0 aromatic heterocycles. The van der Waals surface area contributed by atoms with Crippen LogP contribution in [0.1, 0.15) is 25.7 Å². The van der Waals surface area contributed by atoms with Crippen molar-refractivity contribution < 1.29 is 8.42 Å². The number of hydrogen-bond acceptors (Lipinski definition) is 4. The quantitative estimate of drug-likeness (QED) is 0.434. The van der Waals surface area contributed by atoms with Crippen LogP contribution in [0.25, 0.3) is 0 Å². The average Bonchev–Trinajstić information content (AvgIpc) is 2.29. The molecule has 0 aromatic rings. The van der Waals surface area contributed by atoms with Crippen LogP contribution in [-0.2, 0) is 9.84 Å². The molecule has 5 heteroatoms. The first-order valence-corrected chi connectivity index (χ1v) is 5.94. The Kier molecular flexibility index (Phi) is 1.89. The van der Waals surface area contributed by atoms with Gasteiger partial charge >= 0.3 is 0 Å². The van der Waals surface area contributed by atoms with E-state index in [2.05, 4.69) is 5.43 Å². The third-order valence-corrected chi connectivity index (χ3v) is 5.79. The topological polar surface area (TPSA) is 72.2 Å². The third-order valence-electron chi connectivity index (χ3n) is 3.07. The molecule has 0 saturated carbocycles. The van der Waals surface area contributed by atoms with Gasteiger partial charge in [-0.2, -0.15) is 0 Å². The number of nitrogens with two attached hydrogens (primary N) is 1. The second-order valence-corrected chi connectivity index (χ2v) is 6.26. The van der Waals surface area contributed by atoms with Crippen molar-refractivity contribution in [3.63, 3.8) is 0 Å². The van der Waals surface area contributed by atoms with Gasteiger partial charge in [0, 0.05) is 6.04 Å². The van der Waals surface area contributed by atoms with Crippen molar-refractivity contribution in [3.8, 4) is 0 Å². The lowest BCUT2D eigenvalue weighted by molar-refractivity contribution is 0.440. The van der Waals surface area contributed by atoms with Crippen LogP contribution in [0.4, 0.5) is 0 Å². The Morgan fingerprint density at radius 3 is 2.08 bits per heavy atom. The Morgan fingerprint density at radius 1 is 1.17 bits per heavy atom. The lowest BCUT2D eigenvalue weighted by Gasteiger charge is -2.26. The number of rotatable bonds is 1. The van der Waals surface area contributed by atoms with Crippen LogP contribution < -0.4 is 11.3 Å². The largest absolute Gasteiger partial charge is 0.271 e. The zero-order valence-electron chi connectivity index (χ0n) is 6.86. The molecule has 2 aliphatic heterocycles.